The topological polar surface area (TPSA) is 71.2 Å². The summed E-state index contributed by atoms with van der Waals surface area (Å²) in [6.45, 7) is 2.43. The van der Waals surface area contributed by atoms with Crippen molar-refractivity contribution >= 4 is 51.1 Å². The highest BCUT2D eigenvalue weighted by Crippen LogP contribution is 2.30. The average molecular weight is 343 g/mol. The van der Waals surface area contributed by atoms with Gasteiger partial charge < -0.3 is 16.0 Å². The molecule has 3 N–H and O–H groups in total. The maximum atomic E-state index is 12.2. The molecular formula is C13H15ClN4OS2. The van der Waals surface area contributed by atoms with Crippen molar-refractivity contribution in [3.63, 3.8) is 0 Å². The van der Waals surface area contributed by atoms with Crippen LogP contribution in [0.15, 0.2) is 12.1 Å². The van der Waals surface area contributed by atoms with Crippen LogP contribution in [0.25, 0.3) is 0 Å². The molecule has 0 saturated carbocycles. The zero-order chi connectivity index (χ0) is 14.8. The predicted octanol–water partition coefficient (Wildman–Crippen LogP) is 2.97. The Labute approximate surface area is 135 Å². The zero-order valence-electron chi connectivity index (χ0n) is 11.3. The van der Waals surface area contributed by atoms with E-state index in [1.165, 1.54) is 35.5 Å². The number of hydrogen-bond donors (Lipinski definition) is 2. The van der Waals surface area contributed by atoms with Crippen LogP contribution in [0, 0.1) is 0 Å². The van der Waals surface area contributed by atoms with Crippen molar-refractivity contribution in [2.75, 3.05) is 23.7 Å². The molecule has 1 fully saturated rings. The number of carbonyl (C=O) groups is 1. The summed E-state index contributed by atoms with van der Waals surface area (Å²) in [5.41, 5.74) is 5.88. The Morgan fingerprint density at radius 1 is 1.38 bits per heavy atom. The molecule has 5 nitrogen and oxygen atoms in total. The molecular weight excluding hydrogens is 328 g/mol. The molecule has 0 atom stereocenters. The molecule has 0 aromatic carbocycles. The Bertz CT molecular complexity index is 648. The smallest absolute Gasteiger partial charge is 0.265 e. The summed E-state index contributed by atoms with van der Waals surface area (Å²) < 4.78 is 0.716. The van der Waals surface area contributed by atoms with Gasteiger partial charge in [-0.2, -0.15) is 0 Å². The Balaban J connectivity index is 1.66. The van der Waals surface area contributed by atoms with E-state index in [9.17, 15) is 4.79 Å². The molecule has 0 bridgehead atoms. The van der Waals surface area contributed by atoms with Gasteiger partial charge in [0, 0.05) is 18.0 Å². The van der Waals surface area contributed by atoms with Crippen LogP contribution in [-0.2, 0) is 6.54 Å². The number of rotatable bonds is 4. The number of nitrogens with zero attached hydrogens (tertiary/aromatic N) is 2. The molecule has 1 aliphatic rings. The van der Waals surface area contributed by atoms with Gasteiger partial charge in [-0.15, -0.1) is 11.3 Å². The molecule has 1 saturated heterocycles. The van der Waals surface area contributed by atoms with Gasteiger partial charge in [-0.3, -0.25) is 4.79 Å². The number of nitrogen functional groups attached to an aromatic ring is 1. The second-order valence-corrected chi connectivity index (χ2v) is 7.57. The monoisotopic (exact) mass is 342 g/mol. The fourth-order valence-electron chi connectivity index (χ4n) is 2.22. The van der Waals surface area contributed by atoms with Crippen LogP contribution in [-0.4, -0.2) is 24.0 Å². The number of carbonyl (C=O) groups excluding carboxylic acids is 1. The molecule has 0 unspecified atom stereocenters. The number of halogens is 1. The van der Waals surface area contributed by atoms with Crippen LogP contribution in [0.3, 0.4) is 0 Å². The summed E-state index contributed by atoms with van der Waals surface area (Å²) in [5, 5.41) is 3.70. The van der Waals surface area contributed by atoms with E-state index in [4.69, 9.17) is 17.3 Å². The van der Waals surface area contributed by atoms with Gasteiger partial charge in [0.15, 0.2) is 5.13 Å². The van der Waals surface area contributed by atoms with Crippen LogP contribution in [0.2, 0.25) is 4.34 Å². The fraction of sp³-hybridized carbons (Fsp3) is 0.385. The summed E-state index contributed by atoms with van der Waals surface area (Å²) in [5.74, 6) is 0.128. The largest absolute Gasteiger partial charge is 0.382 e. The van der Waals surface area contributed by atoms with E-state index < -0.39 is 0 Å². The third kappa shape index (κ3) is 3.30. The highest BCUT2D eigenvalue weighted by atomic mass is 35.5. The standard InChI is InChI=1S/C13H15ClN4OS2/c14-9-4-3-8(20-9)7-16-12(19)10-11(15)17-13(21-10)18-5-1-2-6-18/h3-4H,1-2,5-7,15H2,(H,16,19). The number of thiazole rings is 1. The first-order valence-corrected chi connectivity index (χ1v) is 8.68. The number of thiophene rings is 1. The lowest BCUT2D eigenvalue weighted by Gasteiger charge is -2.11. The van der Waals surface area contributed by atoms with E-state index in [-0.39, 0.29) is 5.91 Å². The number of hydrogen-bond acceptors (Lipinski definition) is 6. The zero-order valence-corrected chi connectivity index (χ0v) is 13.7. The van der Waals surface area contributed by atoms with Crippen LogP contribution in [0.1, 0.15) is 27.4 Å². The maximum absolute atomic E-state index is 12.2. The van der Waals surface area contributed by atoms with Gasteiger partial charge in [-0.25, -0.2) is 4.98 Å². The van der Waals surface area contributed by atoms with Gasteiger partial charge in [0.05, 0.1) is 10.9 Å². The predicted molar refractivity (Wildman–Crippen MR) is 88.5 cm³/mol. The van der Waals surface area contributed by atoms with Gasteiger partial charge >= 0.3 is 0 Å². The Morgan fingerprint density at radius 3 is 2.81 bits per heavy atom. The molecule has 2 aromatic rings. The first-order chi connectivity index (χ1) is 10.1. The van der Waals surface area contributed by atoms with Crippen molar-refractivity contribution in [2.45, 2.75) is 19.4 Å². The molecule has 8 heteroatoms. The molecule has 0 aliphatic carbocycles. The third-order valence-electron chi connectivity index (χ3n) is 3.28. The lowest BCUT2D eigenvalue weighted by atomic mass is 10.4. The molecule has 1 aliphatic heterocycles. The molecule has 3 rings (SSSR count). The van der Waals surface area contributed by atoms with Gasteiger partial charge in [-0.1, -0.05) is 22.9 Å². The lowest BCUT2D eigenvalue weighted by molar-refractivity contribution is 0.0956. The van der Waals surface area contributed by atoms with E-state index in [2.05, 4.69) is 15.2 Å². The van der Waals surface area contributed by atoms with E-state index in [1.807, 2.05) is 12.1 Å². The van der Waals surface area contributed by atoms with Gasteiger partial charge in [-0.05, 0) is 25.0 Å². The van der Waals surface area contributed by atoms with Crippen molar-refractivity contribution in [2.24, 2.45) is 0 Å². The number of amides is 1. The second kappa shape index (κ2) is 6.21. The van der Waals surface area contributed by atoms with E-state index >= 15 is 0 Å². The number of nitrogens with one attached hydrogen (secondary N) is 1. The maximum Gasteiger partial charge on any atom is 0.265 e. The van der Waals surface area contributed by atoms with Crippen molar-refractivity contribution in [3.8, 4) is 0 Å². The van der Waals surface area contributed by atoms with Gasteiger partial charge in [0.25, 0.3) is 5.91 Å². The van der Waals surface area contributed by atoms with E-state index in [0.717, 1.165) is 23.1 Å². The SMILES string of the molecule is Nc1nc(N2CCCC2)sc1C(=O)NCc1ccc(Cl)s1. The summed E-state index contributed by atoms with van der Waals surface area (Å²) in [6, 6.07) is 3.72. The molecule has 2 aromatic heterocycles. The molecule has 112 valence electrons. The first kappa shape index (κ1) is 14.6. The van der Waals surface area contributed by atoms with Crippen LogP contribution in [0.5, 0.6) is 0 Å². The van der Waals surface area contributed by atoms with Crippen molar-refractivity contribution in [3.05, 3.63) is 26.2 Å². The quantitative estimate of drug-likeness (QED) is 0.896. The molecule has 1 amide bonds. The summed E-state index contributed by atoms with van der Waals surface area (Å²) in [7, 11) is 0. The fourth-order valence-corrected chi connectivity index (χ4v) is 4.20. The van der Waals surface area contributed by atoms with Crippen LogP contribution in [0.4, 0.5) is 10.9 Å². The Kier molecular flexibility index (Phi) is 4.32. The number of aromatic nitrogens is 1. The van der Waals surface area contributed by atoms with Crippen LogP contribution >= 0.6 is 34.3 Å². The number of anilines is 2. The first-order valence-electron chi connectivity index (χ1n) is 6.67. The highest BCUT2D eigenvalue weighted by Gasteiger charge is 2.21. The van der Waals surface area contributed by atoms with E-state index in [0.29, 0.717) is 21.6 Å². The Morgan fingerprint density at radius 2 is 2.14 bits per heavy atom. The Hall–Kier alpha value is -1.31. The van der Waals surface area contributed by atoms with Crippen LogP contribution < -0.4 is 16.0 Å². The summed E-state index contributed by atoms with van der Waals surface area (Å²) in [6.07, 6.45) is 2.33. The molecule has 3 heterocycles. The van der Waals surface area contributed by atoms with Gasteiger partial charge in [0.2, 0.25) is 0 Å². The minimum atomic E-state index is -0.181. The summed E-state index contributed by atoms with van der Waals surface area (Å²) >= 11 is 8.68. The normalized spacial score (nSPS) is 14.6. The summed E-state index contributed by atoms with van der Waals surface area (Å²) in [4.78, 5) is 20.2. The lowest BCUT2D eigenvalue weighted by Crippen LogP contribution is -2.22. The number of nitrogens with two attached hydrogens (primary N) is 1. The molecule has 0 spiro atoms. The van der Waals surface area contributed by atoms with Crippen molar-refractivity contribution < 1.29 is 4.79 Å². The minimum absolute atomic E-state index is 0.181. The third-order valence-corrected chi connectivity index (χ3v) is 5.64. The molecule has 21 heavy (non-hydrogen) atoms. The minimum Gasteiger partial charge on any atom is -0.382 e. The molecule has 0 radical (unpaired) electrons. The van der Waals surface area contributed by atoms with E-state index in [1.54, 1.807) is 0 Å². The highest BCUT2D eigenvalue weighted by molar-refractivity contribution is 7.18. The average Bonchev–Trinajstić information content (AvgIpc) is 3.16. The van der Waals surface area contributed by atoms with Crippen molar-refractivity contribution in [1.29, 1.82) is 0 Å². The second-order valence-electron chi connectivity index (χ2n) is 4.79. The van der Waals surface area contributed by atoms with Gasteiger partial charge in [0.1, 0.15) is 10.7 Å². The van der Waals surface area contributed by atoms with Crippen molar-refractivity contribution in [1.82, 2.24) is 10.3 Å².